The molecule has 2 atom stereocenters. The van der Waals surface area contributed by atoms with Crippen LogP contribution in [0.2, 0.25) is 0 Å². The second-order valence-electron chi connectivity index (χ2n) is 10.4. The van der Waals surface area contributed by atoms with Gasteiger partial charge in [0.1, 0.15) is 11.6 Å². The number of aliphatic hydroxyl groups excluding tert-OH is 1. The molecule has 10 heteroatoms. The van der Waals surface area contributed by atoms with Crippen LogP contribution in [0.1, 0.15) is 69.8 Å². The number of ether oxygens (including phenoxy) is 1. The number of phenols is 1. The monoisotopic (exact) mass is 543 g/mol. The van der Waals surface area contributed by atoms with Gasteiger partial charge in [0.25, 0.3) is 0 Å². The van der Waals surface area contributed by atoms with E-state index >= 15 is 0 Å². The number of aromatic hydroxyl groups is 1. The van der Waals surface area contributed by atoms with Gasteiger partial charge in [0.05, 0.1) is 18.7 Å². The number of nitrogens with one attached hydrogen (secondary N) is 2. The van der Waals surface area contributed by atoms with Crippen molar-refractivity contribution in [3.8, 4) is 11.5 Å². The number of nitrogens with zero attached hydrogens (tertiary/aromatic N) is 2. The van der Waals surface area contributed by atoms with Crippen LogP contribution in [0, 0.1) is 5.92 Å². The maximum absolute atomic E-state index is 13.0. The number of nitrogens with two attached hydrogens (primary N) is 1. The Balaban J connectivity index is 1.49. The standard InChI is InChI=1S/C29H45N5O5/c1-31-29(30)33-22(13-16-34-17-15-32-20-34)5-4-8-25(36)24(14-18-35)26(37)11-9-21-10-12-27(38)28(19-21)39-23-6-2-3-7-23/h10,12,15,17,19,22-24,32,35,38H,2-9,11,13-14,16,18,20H2,1H3,(H3,30,31,33). The fraction of sp³-hybridized carbons (Fsp3) is 0.621. The topological polar surface area (TPSA) is 150 Å². The number of rotatable bonds is 17. The number of benzene rings is 1. The van der Waals surface area contributed by atoms with Crippen molar-refractivity contribution in [3.05, 3.63) is 36.2 Å². The number of phenolic OH excluding ortho intramolecular Hbond substituents is 1. The van der Waals surface area contributed by atoms with Crippen LogP contribution < -0.4 is 21.1 Å². The zero-order valence-electron chi connectivity index (χ0n) is 23.1. The molecule has 1 aliphatic heterocycles. The minimum Gasteiger partial charge on any atom is -0.504 e. The fourth-order valence-corrected chi connectivity index (χ4v) is 5.18. The largest absolute Gasteiger partial charge is 0.504 e. The van der Waals surface area contributed by atoms with Crippen LogP contribution in [-0.2, 0) is 16.0 Å². The number of hydrogen-bond donors (Lipinski definition) is 5. The van der Waals surface area contributed by atoms with E-state index in [1.54, 1.807) is 25.2 Å². The number of aliphatic imine (C=N–C) groups is 1. The lowest BCUT2D eigenvalue weighted by Gasteiger charge is -2.23. The molecule has 1 aromatic rings. The third-order valence-electron chi connectivity index (χ3n) is 7.51. The molecule has 1 aromatic carbocycles. The van der Waals surface area contributed by atoms with Crippen molar-refractivity contribution in [1.29, 1.82) is 0 Å². The van der Waals surface area contributed by atoms with Crippen LogP contribution in [0.25, 0.3) is 0 Å². The van der Waals surface area contributed by atoms with Gasteiger partial charge in [0.2, 0.25) is 0 Å². The van der Waals surface area contributed by atoms with Crippen molar-refractivity contribution in [2.45, 2.75) is 82.8 Å². The Morgan fingerprint density at radius 2 is 1.97 bits per heavy atom. The summed E-state index contributed by atoms with van der Waals surface area (Å²) in [6, 6.07) is 5.21. The van der Waals surface area contributed by atoms with Gasteiger partial charge in [-0.1, -0.05) is 6.07 Å². The van der Waals surface area contributed by atoms with Gasteiger partial charge in [-0.3, -0.25) is 14.6 Å². The molecule has 3 rings (SSSR count). The van der Waals surface area contributed by atoms with Gasteiger partial charge in [-0.2, -0.15) is 0 Å². The second kappa shape index (κ2) is 16.0. The van der Waals surface area contributed by atoms with E-state index in [2.05, 4.69) is 20.5 Å². The molecule has 0 amide bonds. The Hall–Kier alpha value is -3.27. The molecular weight excluding hydrogens is 498 g/mol. The van der Waals surface area contributed by atoms with Gasteiger partial charge in [0.15, 0.2) is 17.5 Å². The molecule has 0 saturated heterocycles. The van der Waals surface area contributed by atoms with E-state index in [0.29, 0.717) is 31.0 Å². The van der Waals surface area contributed by atoms with E-state index in [1.807, 2.05) is 12.4 Å². The van der Waals surface area contributed by atoms with E-state index in [1.165, 1.54) is 0 Å². The van der Waals surface area contributed by atoms with Crippen molar-refractivity contribution in [3.63, 3.8) is 0 Å². The van der Waals surface area contributed by atoms with Crippen molar-refractivity contribution < 1.29 is 24.5 Å². The third-order valence-corrected chi connectivity index (χ3v) is 7.51. The first-order valence-electron chi connectivity index (χ1n) is 14.2. The lowest BCUT2D eigenvalue weighted by atomic mass is 9.89. The Kier molecular flexibility index (Phi) is 12.4. The molecule has 6 N–H and O–H groups in total. The first-order chi connectivity index (χ1) is 18.9. The van der Waals surface area contributed by atoms with Crippen LogP contribution >= 0.6 is 0 Å². The molecule has 0 spiro atoms. The smallest absolute Gasteiger partial charge is 0.188 e. The van der Waals surface area contributed by atoms with Crippen molar-refractivity contribution in [2.75, 3.05) is 26.9 Å². The van der Waals surface area contributed by atoms with Gasteiger partial charge in [-0.25, -0.2) is 0 Å². The van der Waals surface area contributed by atoms with E-state index < -0.39 is 5.92 Å². The highest BCUT2D eigenvalue weighted by Crippen LogP contribution is 2.32. The average Bonchev–Trinajstić information content (AvgIpc) is 3.65. The number of carbonyl (C=O) groups is 2. The molecule has 39 heavy (non-hydrogen) atoms. The lowest BCUT2D eigenvalue weighted by molar-refractivity contribution is -0.133. The minimum absolute atomic E-state index is 0.0534. The van der Waals surface area contributed by atoms with Crippen molar-refractivity contribution >= 4 is 17.5 Å². The SMILES string of the molecule is CN=C(N)NC(CCCC(=O)C(CCO)C(=O)CCc1ccc(O)c(OC2CCCC2)c1)CCN1C=CNC1. The second-order valence-corrected chi connectivity index (χ2v) is 10.4. The highest BCUT2D eigenvalue weighted by Gasteiger charge is 2.26. The van der Waals surface area contributed by atoms with E-state index in [0.717, 1.165) is 50.9 Å². The summed E-state index contributed by atoms with van der Waals surface area (Å²) in [5.74, 6) is -0.197. The van der Waals surface area contributed by atoms with Crippen LogP contribution in [0.4, 0.5) is 0 Å². The van der Waals surface area contributed by atoms with Gasteiger partial charge >= 0.3 is 0 Å². The summed E-state index contributed by atoms with van der Waals surface area (Å²) in [6.07, 6.45) is 11.4. The zero-order valence-corrected chi connectivity index (χ0v) is 23.1. The first-order valence-corrected chi connectivity index (χ1v) is 14.2. The summed E-state index contributed by atoms with van der Waals surface area (Å²) in [6.45, 7) is 1.39. The van der Waals surface area contributed by atoms with Crippen LogP contribution in [0.5, 0.6) is 11.5 Å². The number of aliphatic hydroxyl groups is 1. The summed E-state index contributed by atoms with van der Waals surface area (Å²) in [4.78, 5) is 32.2. The summed E-state index contributed by atoms with van der Waals surface area (Å²) in [5.41, 5.74) is 6.77. The molecule has 1 heterocycles. The van der Waals surface area contributed by atoms with Crippen LogP contribution in [0.3, 0.4) is 0 Å². The summed E-state index contributed by atoms with van der Waals surface area (Å²) >= 11 is 0. The number of ketones is 2. The normalized spacial score (nSPS) is 17.2. The molecule has 1 saturated carbocycles. The average molecular weight is 544 g/mol. The van der Waals surface area contributed by atoms with E-state index in [9.17, 15) is 19.8 Å². The molecule has 0 bridgehead atoms. The lowest BCUT2D eigenvalue weighted by Crippen LogP contribution is -2.41. The maximum atomic E-state index is 13.0. The summed E-state index contributed by atoms with van der Waals surface area (Å²) < 4.78 is 5.97. The number of Topliss-reactive ketones (excluding diaryl/α,β-unsaturated/α-hetero) is 2. The Morgan fingerprint density at radius 1 is 1.21 bits per heavy atom. The fourth-order valence-electron chi connectivity index (χ4n) is 5.18. The van der Waals surface area contributed by atoms with Gasteiger partial charge in [-0.05, 0) is 75.5 Å². The number of aryl methyl sites for hydroxylation is 1. The molecule has 2 aliphatic rings. The Labute approximate surface area is 231 Å². The molecule has 10 nitrogen and oxygen atoms in total. The predicted octanol–water partition coefficient (Wildman–Crippen LogP) is 2.58. The minimum atomic E-state index is -0.809. The third kappa shape index (κ3) is 10.1. The van der Waals surface area contributed by atoms with Crippen LogP contribution in [-0.4, -0.2) is 71.7 Å². The summed E-state index contributed by atoms with van der Waals surface area (Å²) in [7, 11) is 1.63. The molecule has 0 aromatic heterocycles. The predicted molar refractivity (Wildman–Crippen MR) is 151 cm³/mol. The highest BCUT2D eigenvalue weighted by atomic mass is 16.5. The van der Waals surface area contributed by atoms with Crippen LogP contribution in [0.15, 0.2) is 35.6 Å². The molecule has 1 aliphatic carbocycles. The molecule has 216 valence electrons. The Bertz CT molecular complexity index is 992. The van der Waals surface area contributed by atoms with Crippen molar-refractivity contribution in [1.82, 2.24) is 15.5 Å². The van der Waals surface area contributed by atoms with E-state index in [-0.39, 0.29) is 55.3 Å². The Morgan fingerprint density at radius 3 is 2.67 bits per heavy atom. The van der Waals surface area contributed by atoms with E-state index in [4.69, 9.17) is 10.5 Å². The molecular formula is C29H45N5O5. The quantitative estimate of drug-likeness (QED) is 0.113. The van der Waals surface area contributed by atoms with Gasteiger partial charge < -0.3 is 36.2 Å². The molecule has 1 fully saturated rings. The van der Waals surface area contributed by atoms with Gasteiger partial charge in [0, 0.05) is 51.5 Å². The molecule has 2 unspecified atom stereocenters. The summed E-state index contributed by atoms with van der Waals surface area (Å²) in [5, 5.41) is 26.1. The molecule has 0 radical (unpaired) electrons. The zero-order chi connectivity index (χ0) is 28.0. The number of guanidine groups is 1. The maximum Gasteiger partial charge on any atom is 0.188 e. The first kappa shape index (κ1) is 30.3. The van der Waals surface area contributed by atoms with Crippen molar-refractivity contribution in [2.24, 2.45) is 16.6 Å². The number of carbonyl (C=O) groups excluding carboxylic acids is 2. The highest BCUT2D eigenvalue weighted by molar-refractivity contribution is 6.02. The van der Waals surface area contributed by atoms with Gasteiger partial charge in [-0.15, -0.1) is 0 Å². The number of hydrogen-bond acceptors (Lipinski definition) is 8.